The van der Waals surface area contributed by atoms with Crippen molar-refractivity contribution in [2.45, 2.75) is 36.8 Å². The second-order valence-corrected chi connectivity index (χ2v) is 14.1. The summed E-state index contributed by atoms with van der Waals surface area (Å²) in [5.74, 6) is 0. The number of allylic oxidation sites excluding steroid dienone is 8. The van der Waals surface area contributed by atoms with Gasteiger partial charge in [0.1, 0.15) is 0 Å². The molecule has 0 aromatic heterocycles. The van der Waals surface area contributed by atoms with Gasteiger partial charge >= 0.3 is 101 Å². The predicted molar refractivity (Wildman–Crippen MR) is 63.4 cm³/mol. The molecule has 2 rings (SSSR count). The number of hydrogen-bond acceptors (Lipinski definition) is 0. The quantitative estimate of drug-likeness (QED) is 0.629. The molecule has 0 aromatic rings. The van der Waals surface area contributed by atoms with Crippen LogP contribution in [0.3, 0.4) is 0 Å². The van der Waals surface area contributed by atoms with E-state index in [0.29, 0.717) is 0 Å². The zero-order valence-corrected chi connectivity index (χ0v) is 13.1. The predicted octanol–water partition coefficient (Wildman–Crippen LogP) is 4.51. The molecule has 0 amide bonds. The van der Waals surface area contributed by atoms with Crippen molar-refractivity contribution in [1.29, 1.82) is 0 Å². The maximum absolute atomic E-state index is 2.41. The Balaban J connectivity index is 2.02. The zero-order valence-electron chi connectivity index (χ0n) is 9.50. The average Bonchev–Trinajstić information content (AvgIpc) is 2.90. The van der Waals surface area contributed by atoms with Gasteiger partial charge in [0.25, 0.3) is 0 Å². The van der Waals surface area contributed by atoms with Crippen LogP contribution in [0.25, 0.3) is 0 Å². The summed E-state index contributed by atoms with van der Waals surface area (Å²) in [6.45, 7) is 2.31. The summed E-state index contributed by atoms with van der Waals surface area (Å²) in [7, 11) is 0. The van der Waals surface area contributed by atoms with E-state index in [0.717, 1.165) is 0 Å². The van der Waals surface area contributed by atoms with Crippen LogP contribution in [0, 0.1) is 0 Å². The normalized spacial score (nSPS) is 18.2. The molecule has 0 spiro atoms. The van der Waals surface area contributed by atoms with Crippen LogP contribution in [0.1, 0.15) is 32.6 Å². The van der Waals surface area contributed by atoms with Crippen molar-refractivity contribution in [1.82, 2.24) is 0 Å². The van der Waals surface area contributed by atoms with E-state index in [1.807, 2.05) is 6.66 Å². The van der Waals surface area contributed by atoms with E-state index in [9.17, 15) is 0 Å². The van der Waals surface area contributed by atoms with Gasteiger partial charge in [-0.25, -0.2) is 0 Å². The van der Waals surface area contributed by atoms with E-state index in [4.69, 9.17) is 0 Å². The minimum absolute atomic E-state index is 1.27. The van der Waals surface area contributed by atoms with Gasteiger partial charge in [-0.05, 0) is 0 Å². The molecule has 0 bridgehead atoms. The fraction of sp³-hybridized carbons (Fsp3) is 0.429. The topological polar surface area (TPSA) is 0 Å². The summed E-state index contributed by atoms with van der Waals surface area (Å²) in [5.41, 5.74) is 0. The van der Waals surface area contributed by atoms with Crippen molar-refractivity contribution in [2.75, 3.05) is 0 Å². The molecular formula is C14H19Hf. The molecule has 0 saturated carbocycles. The molecule has 0 fully saturated rings. The summed E-state index contributed by atoms with van der Waals surface area (Å²) in [4.78, 5) is 0. The van der Waals surface area contributed by atoms with Crippen LogP contribution in [0.2, 0.25) is 4.18 Å². The van der Waals surface area contributed by atoms with Gasteiger partial charge in [-0.2, -0.15) is 0 Å². The van der Waals surface area contributed by atoms with E-state index in [2.05, 4.69) is 43.4 Å². The zero-order chi connectivity index (χ0) is 10.5. The molecule has 2 aliphatic rings. The molecule has 0 unspecified atom stereocenters. The molecule has 0 N–H and O–H groups in total. The molecule has 0 aliphatic heterocycles. The standard InChI is InChI=1S/2C5H5.C4H9.Hf/c2*1-2-4-5-3-1;1-3-4-2;/h2*1-3H,4H2;1,3-4H2,2H3;. The number of unbranched alkanes of at least 4 members (excludes halogenated alkanes) is 1. The van der Waals surface area contributed by atoms with Crippen LogP contribution in [0.4, 0.5) is 0 Å². The van der Waals surface area contributed by atoms with Gasteiger partial charge in [0, 0.05) is 0 Å². The summed E-state index contributed by atoms with van der Waals surface area (Å²) >= 11 is -1.55. The van der Waals surface area contributed by atoms with Gasteiger partial charge in [-0.15, -0.1) is 0 Å². The van der Waals surface area contributed by atoms with E-state index in [1.165, 1.54) is 25.7 Å². The van der Waals surface area contributed by atoms with E-state index in [1.54, 1.807) is 4.18 Å². The number of hydrogen-bond donors (Lipinski definition) is 0. The third-order valence-corrected chi connectivity index (χ3v) is 14.4. The molecule has 2 aliphatic carbocycles. The van der Waals surface area contributed by atoms with Crippen LogP contribution >= 0.6 is 0 Å². The Bertz CT molecular complexity index is 301. The third kappa shape index (κ3) is 2.90. The first-order valence-corrected chi connectivity index (χ1v) is 12.1. The van der Waals surface area contributed by atoms with E-state index in [-0.39, 0.29) is 0 Å². The Kier molecular flexibility index (Phi) is 4.37. The van der Waals surface area contributed by atoms with Gasteiger partial charge < -0.3 is 0 Å². The van der Waals surface area contributed by atoms with Crippen LogP contribution in [-0.4, -0.2) is 0 Å². The van der Waals surface area contributed by atoms with Crippen LogP contribution in [0.15, 0.2) is 43.1 Å². The van der Waals surface area contributed by atoms with E-state index < -0.39 is 21.4 Å². The monoisotopic (exact) mass is 367 g/mol. The second kappa shape index (κ2) is 5.79. The molecule has 0 atom stereocenters. The molecule has 15 heavy (non-hydrogen) atoms. The maximum atomic E-state index is 2.41. The van der Waals surface area contributed by atoms with Gasteiger partial charge in [-0.3, -0.25) is 0 Å². The van der Waals surface area contributed by atoms with Crippen molar-refractivity contribution in [2.24, 2.45) is 0 Å². The average molecular weight is 366 g/mol. The summed E-state index contributed by atoms with van der Waals surface area (Å²) in [5, 5.41) is 0. The summed E-state index contributed by atoms with van der Waals surface area (Å²) in [6, 6.07) is 0. The molecule has 0 nitrogen and oxygen atoms in total. The Labute approximate surface area is 101 Å². The molecule has 0 saturated heterocycles. The van der Waals surface area contributed by atoms with Gasteiger partial charge in [0.15, 0.2) is 0 Å². The third-order valence-electron chi connectivity index (χ3n) is 3.10. The Morgan fingerprint density at radius 2 is 1.67 bits per heavy atom. The Morgan fingerprint density at radius 3 is 2.07 bits per heavy atom. The first-order valence-electron chi connectivity index (χ1n) is 5.99. The molecule has 0 aromatic carbocycles. The van der Waals surface area contributed by atoms with Crippen LogP contribution in [0.5, 0.6) is 0 Å². The first kappa shape index (κ1) is 11.3. The second-order valence-electron chi connectivity index (χ2n) is 4.23. The SMILES string of the molecule is CCC[CH2][Hf]([C]1=CC=CC1)[C]1=CC=CC1. The Hall–Kier alpha value is -0.170. The van der Waals surface area contributed by atoms with Gasteiger partial charge in [0.2, 0.25) is 0 Å². The molecule has 1 heteroatoms. The van der Waals surface area contributed by atoms with Gasteiger partial charge in [0.05, 0.1) is 0 Å². The van der Waals surface area contributed by atoms with Crippen molar-refractivity contribution in [3.63, 3.8) is 0 Å². The number of rotatable bonds is 5. The fourth-order valence-corrected chi connectivity index (χ4v) is 13.3. The van der Waals surface area contributed by atoms with Gasteiger partial charge in [-0.1, -0.05) is 0 Å². The minimum atomic E-state index is -1.55. The molecule has 79 valence electrons. The fourth-order valence-electron chi connectivity index (χ4n) is 2.22. The van der Waals surface area contributed by atoms with Crippen molar-refractivity contribution < 1.29 is 21.4 Å². The Morgan fingerprint density at radius 1 is 1.07 bits per heavy atom. The molecule has 0 heterocycles. The molecule has 0 radical (unpaired) electrons. The molecular weight excluding hydrogens is 347 g/mol. The summed E-state index contributed by atoms with van der Waals surface area (Å²) in [6.07, 6.45) is 19.3. The first-order chi connectivity index (χ1) is 7.42. The van der Waals surface area contributed by atoms with Crippen molar-refractivity contribution >= 4 is 0 Å². The van der Waals surface area contributed by atoms with Crippen LogP contribution < -0.4 is 0 Å². The van der Waals surface area contributed by atoms with Crippen molar-refractivity contribution in [3.05, 3.63) is 43.1 Å². The van der Waals surface area contributed by atoms with Crippen molar-refractivity contribution in [3.8, 4) is 0 Å². The van der Waals surface area contributed by atoms with Crippen LogP contribution in [-0.2, 0) is 21.4 Å². The van der Waals surface area contributed by atoms with E-state index >= 15 is 0 Å². The summed E-state index contributed by atoms with van der Waals surface area (Å²) < 4.78 is 5.22.